The zero-order valence-corrected chi connectivity index (χ0v) is 10.1. The normalized spacial score (nSPS) is 11.9. The molecule has 0 saturated carbocycles. The van der Waals surface area contributed by atoms with Crippen LogP contribution in [0.2, 0.25) is 0 Å². The van der Waals surface area contributed by atoms with Crippen molar-refractivity contribution in [1.82, 2.24) is 0 Å². The molecule has 3 rings (SSSR count). The Morgan fingerprint density at radius 1 is 0.950 bits per heavy atom. The van der Waals surface area contributed by atoms with Gasteiger partial charge in [-0.2, -0.15) is 0 Å². The van der Waals surface area contributed by atoms with Crippen molar-refractivity contribution in [2.45, 2.75) is 6.16 Å². The van der Waals surface area contributed by atoms with Gasteiger partial charge in [0.1, 0.15) is 16.9 Å². The maximum Gasteiger partial charge on any atom is 0.453 e. The number of para-hydroxylation sites is 1. The summed E-state index contributed by atoms with van der Waals surface area (Å²) in [6.07, 6.45) is -3.29. The molecule has 3 N–H and O–H groups in total. The lowest BCUT2D eigenvalue weighted by molar-refractivity contribution is -0.419. The number of rotatable bonds is 2. The van der Waals surface area contributed by atoms with E-state index in [2.05, 4.69) is 4.74 Å². The Bertz CT molecular complexity index is 844. The predicted octanol–water partition coefficient (Wildman–Crippen LogP) is 0.913. The molecule has 0 unspecified atom stereocenters. The molecule has 0 bridgehead atoms. The Kier molecular flexibility index (Phi) is 2.72. The van der Waals surface area contributed by atoms with E-state index < -0.39 is 6.16 Å². The van der Waals surface area contributed by atoms with Gasteiger partial charge in [-0.25, -0.2) is 0 Å². The molecule has 0 aliphatic heterocycles. The van der Waals surface area contributed by atoms with Gasteiger partial charge in [-0.15, -0.1) is 0 Å². The zero-order valence-electron chi connectivity index (χ0n) is 10.1. The van der Waals surface area contributed by atoms with Crippen LogP contribution in [0.4, 0.5) is 0 Å². The van der Waals surface area contributed by atoms with Gasteiger partial charge >= 0.3 is 6.16 Å². The first-order valence-corrected chi connectivity index (χ1v) is 5.76. The highest BCUT2D eigenvalue weighted by molar-refractivity contribution is 5.90. The van der Waals surface area contributed by atoms with E-state index in [-0.39, 0.29) is 16.8 Å². The minimum absolute atomic E-state index is 0.0524. The smallest absolute Gasteiger partial charge is 0.453 e. The van der Waals surface area contributed by atoms with Crippen molar-refractivity contribution in [1.29, 1.82) is 0 Å². The molecule has 0 aliphatic rings. The molecule has 0 atom stereocenters. The summed E-state index contributed by atoms with van der Waals surface area (Å²) in [6, 6.07) is 10.8. The molecule has 1 aromatic heterocycles. The van der Waals surface area contributed by atoms with Crippen molar-refractivity contribution in [2.24, 2.45) is 0 Å². The molecule has 3 aromatic rings. The number of hydrogen-bond donors (Lipinski definition) is 3. The molecule has 0 fully saturated rings. The van der Waals surface area contributed by atoms with Crippen LogP contribution in [0.3, 0.4) is 0 Å². The maximum absolute atomic E-state index is 12.2. The van der Waals surface area contributed by atoms with Gasteiger partial charge in [0, 0.05) is 6.07 Å². The van der Waals surface area contributed by atoms with Gasteiger partial charge in [0.15, 0.2) is 0 Å². The van der Waals surface area contributed by atoms with Crippen molar-refractivity contribution < 1.29 is 24.5 Å². The number of aliphatic hydroxyl groups is 3. The van der Waals surface area contributed by atoms with Crippen LogP contribution in [-0.2, 0) is 0 Å². The molecule has 0 radical (unpaired) electrons. The van der Waals surface area contributed by atoms with E-state index in [9.17, 15) is 4.79 Å². The van der Waals surface area contributed by atoms with Gasteiger partial charge in [-0.05, 0) is 24.3 Å². The highest BCUT2D eigenvalue weighted by Crippen LogP contribution is 2.23. The summed E-state index contributed by atoms with van der Waals surface area (Å²) >= 11 is 0. The summed E-state index contributed by atoms with van der Waals surface area (Å²) < 4.78 is 10.0. The van der Waals surface area contributed by atoms with Crippen LogP contribution in [0.5, 0.6) is 5.75 Å². The average molecular weight is 274 g/mol. The van der Waals surface area contributed by atoms with E-state index in [1.165, 1.54) is 18.2 Å². The molecule has 6 nitrogen and oxygen atoms in total. The summed E-state index contributed by atoms with van der Waals surface area (Å²) in [5, 5.41) is 27.1. The van der Waals surface area contributed by atoms with Crippen molar-refractivity contribution >= 4 is 21.9 Å². The SMILES string of the molecule is O=c1c2ccccc2oc2cc(OC(O)(O)O)ccc12. The van der Waals surface area contributed by atoms with E-state index in [4.69, 9.17) is 19.7 Å². The minimum atomic E-state index is -3.29. The lowest BCUT2D eigenvalue weighted by Crippen LogP contribution is -2.34. The Balaban J connectivity index is 2.25. The van der Waals surface area contributed by atoms with E-state index in [0.717, 1.165) is 0 Å². The summed E-state index contributed by atoms with van der Waals surface area (Å²) in [6.45, 7) is 0. The van der Waals surface area contributed by atoms with E-state index in [1.807, 2.05) is 0 Å². The fraction of sp³-hybridized carbons (Fsp3) is 0.0714. The first kappa shape index (κ1) is 12.6. The van der Waals surface area contributed by atoms with Gasteiger partial charge in [0.25, 0.3) is 0 Å². The second-order valence-electron chi connectivity index (χ2n) is 4.26. The molecule has 2 aromatic carbocycles. The van der Waals surface area contributed by atoms with Crippen molar-refractivity contribution in [3.63, 3.8) is 0 Å². The van der Waals surface area contributed by atoms with Gasteiger partial charge in [-0.3, -0.25) is 4.79 Å². The molecule has 20 heavy (non-hydrogen) atoms. The van der Waals surface area contributed by atoms with Gasteiger partial charge in [0.05, 0.1) is 10.8 Å². The number of ether oxygens (including phenoxy) is 1. The lowest BCUT2D eigenvalue weighted by atomic mass is 10.1. The Labute approximate surface area is 112 Å². The molecular formula is C14H10O6. The third-order valence-electron chi connectivity index (χ3n) is 2.80. The fourth-order valence-electron chi connectivity index (χ4n) is 2.00. The summed E-state index contributed by atoms with van der Waals surface area (Å²) in [5.41, 5.74) is 0.428. The summed E-state index contributed by atoms with van der Waals surface area (Å²) in [4.78, 5) is 12.2. The highest BCUT2D eigenvalue weighted by Gasteiger charge is 2.21. The van der Waals surface area contributed by atoms with Crippen LogP contribution in [0.1, 0.15) is 0 Å². The van der Waals surface area contributed by atoms with Crippen molar-refractivity contribution in [2.75, 3.05) is 0 Å². The second kappa shape index (κ2) is 4.31. The largest absolute Gasteiger partial charge is 0.456 e. The predicted molar refractivity (Wildman–Crippen MR) is 70.0 cm³/mol. The first-order chi connectivity index (χ1) is 9.44. The molecule has 0 saturated heterocycles. The number of fused-ring (bicyclic) bond motifs is 2. The molecule has 102 valence electrons. The van der Waals surface area contributed by atoms with Crippen molar-refractivity contribution in [3.8, 4) is 5.75 Å². The maximum atomic E-state index is 12.2. The van der Waals surface area contributed by atoms with Crippen LogP contribution in [-0.4, -0.2) is 21.5 Å². The lowest BCUT2D eigenvalue weighted by Gasteiger charge is -2.15. The van der Waals surface area contributed by atoms with Crippen LogP contribution in [0.15, 0.2) is 51.7 Å². The fourth-order valence-corrected chi connectivity index (χ4v) is 2.00. The van der Waals surface area contributed by atoms with E-state index >= 15 is 0 Å². The molecule has 0 aliphatic carbocycles. The summed E-state index contributed by atoms with van der Waals surface area (Å²) in [5.74, 6) is -0.0524. The molecule has 0 spiro atoms. The molecule has 6 heteroatoms. The Morgan fingerprint density at radius 2 is 1.65 bits per heavy atom. The highest BCUT2D eigenvalue weighted by atomic mass is 16.9. The van der Waals surface area contributed by atoms with Crippen molar-refractivity contribution in [3.05, 3.63) is 52.7 Å². The monoisotopic (exact) mass is 274 g/mol. The molecular weight excluding hydrogens is 264 g/mol. The third-order valence-corrected chi connectivity index (χ3v) is 2.80. The minimum Gasteiger partial charge on any atom is -0.456 e. The zero-order chi connectivity index (χ0) is 14.3. The molecule has 0 amide bonds. The number of benzene rings is 2. The standard InChI is InChI=1S/C14H10O6/c15-13-9-3-1-2-4-11(9)19-12-7-8(5-6-10(12)13)20-14(16,17)18/h1-7,16-18H. The van der Waals surface area contributed by atoms with Crippen LogP contribution in [0.25, 0.3) is 21.9 Å². The second-order valence-corrected chi connectivity index (χ2v) is 4.26. The topological polar surface area (TPSA) is 100 Å². The van der Waals surface area contributed by atoms with E-state index in [0.29, 0.717) is 16.4 Å². The van der Waals surface area contributed by atoms with E-state index in [1.54, 1.807) is 24.3 Å². The Hall–Kier alpha value is -2.41. The van der Waals surface area contributed by atoms with Crippen LogP contribution >= 0.6 is 0 Å². The van der Waals surface area contributed by atoms with Gasteiger partial charge in [-0.1, -0.05) is 12.1 Å². The summed E-state index contributed by atoms with van der Waals surface area (Å²) in [7, 11) is 0. The average Bonchev–Trinajstić information content (AvgIpc) is 2.37. The van der Waals surface area contributed by atoms with Crippen LogP contribution < -0.4 is 10.2 Å². The van der Waals surface area contributed by atoms with Crippen LogP contribution in [0, 0.1) is 0 Å². The Morgan fingerprint density at radius 3 is 2.40 bits per heavy atom. The first-order valence-electron chi connectivity index (χ1n) is 5.76. The number of hydrogen-bond acceptors (Lipinski definition) is 6. The van der Waals surface area contributed by atoms with Gasteiger partial charge < -0.3 is 24.5 Å². The third kappa shape index (κ3) is 2.23. The quantitative estimate of drug-likeness (QED) is 0.474. The van der Waals surface area contributed by atoms with Gasteiger partial charge in [0.2, 0.25) is 5.43 Å². The molecule has 1 heterocycles.